The average Bonchev–Trinajstić information content (AvgIpc) is 3.19. The maximum absolute atomic E-state index is 13.2. The molecule has 0 unspecified atom stereocenters. The molecule has 0 aromatic heterocycles. The van der Waals surface area contributed by atoms with Crippen LogP contribution in [-0.2, 0) is 26.5 Å². The van der Waals surface area contributed by atoms with Crippen molar-refractivity contribution in [3.63, 3.8) is 0 Å². The highest BCUT2D eigenvalue weighted by atomic mass is 32.2. The summed E-state index contributed by atoms with van der Waals surface area (Å²) in [7, 11) is -4.45. The van der Waals surface area contributed by atoms with Crippen LogP contribution in [0.5, 0.6) is 11.5 Å². The van der Waals surface area contributed by atoms with Gasteiger partial charge in [0.15, 0.2) is 0 Å². The van der Waals surface area contributed by atoms with Gasteiger partial charge in [0, 0.05) is 20.6 Å². The van der Waals surface area contributed by atoms with Crippen LogP contribution >= 0.6 is 0 Å². The molecule has 9 heteroatoms. The molecule has 0 fully saturated rings. The van der Waals surface area contributed by atoms with Gasteiger partial charge in [0.1, 0.15) is 11.5 Å². The molecule has 0 saturated carbocycles. The number of anilines is 1. The van der Waals surface area contributed by atoms with Gasteiger partial charge < -0.3 is 4.74 Å². The van der Waals surface area contributed by atoms with Crippen molar-refractivity contribution in [1.82, 2.24) is 4.31 Å². The Kier molecular flexibility index (Phi) is 5.50. The van der Waals surface area contributed by atoms with E-state index in [4.69, 9.17) is 4.74 Å². The number of fused-ring (bicyclic) bond motifs is 1. The minimum Gasteiger partial charge on any atom is -0.457 e. The predicted molar refractivity (Wildman–Crippen MR) is 119 cm³/mol. The van der Waals surface area contributed by atoms with Crippen molar-refractivity contribution < 1.29 is 21.6 Å². The highest BCUT2D eigenvalue weighted by molar-refractivity contribution is 7.92. The molecule has 162 valence electrons. The summed E-state index contributed by atoms with van der Waals surface area (Å²) < 4.78 is 59.4. The molecule has 7 nitrogen and oxygen atoms in total. The van der Waals surface area contributed by atoms with Crippen LogP contribution in [0.3, 0.4) is 0 Å². The van der Waals surface area contributed by atoms with E-state index >= 15 is 0 Å². The fraction of sp³-hybridized carbons (Fsp3) is 0.182. The van der Waals surface area contributed by atoms with E-state index in [0.29, 0.717) is 29.2 Å². The van der Waals surface area contributed by atoms with Crippen LogP contribution in [0.2, 0.25) is 0 Å². The fourth-order valence-corrected chi connectivity index (χ4v) is 5.86. The van der Waals surface area contributed by atoms with Crippen molar-refractivity contribution in [2.24, 2.45) is 0 Å². The first kappa shape index (κ1) is 21.4. The maximum atomic E-state index is 13.2. The average molecular weight is 459 g/mol. The van der Waals surface area contributed by atoms with E-state index in [1.165, 1.54) is 36.6 Å². The first-order chi connectivity index (χ1) is 14.7. The number of benzene rings is 3. The molecule has 0 atom stereocenters. The maximum Gasteiger partial charge on any atom is 0.264 e. The molecule has 0 bridgehead atoms. The second-order valence-corrected chi connectivity index (χ2v) is 11.3. The van der Waals surface area contributed by atoms with Crippen LogP contribution in [0.4, 0.5) is 5.69 Å². The third-order valence-electron chi connectivity index (χ3n) is 5.07. The molecule has 0 N–H and O–H groups in total. The number of hydrogen-bond donors (Lipinski definition) is 0. The van der Waals surface area contributed by atoms with Gasteiger partial charge >= 0.3 is 0 Å². The lowest BCUT2D eigenvalue weighted by molar-refractivity contribution is 0.482. The van der Waals surface area contributed by atoms with Gasteiger partial charge in [-0.1, -0.05) is 18.2 Å². The lowest BCUT2D eigenvalue weighted by Crippen LogP contribution is -2.29. The summed E-state index contributed by atoms with van der Waals surface area (Å²) in [5.41, 5.74) is 1.19. The fourth-order valence-electron chi connectivity index (χ4n) is 3.40. The molecule has 0 aliphatic carbocycles. The van der Waals surface area contributed by atoms with Gasteiger partial charge in [0.2, 0.25) is 10.0 Å². The van der Waals surface area contributed by atoms with Gasteiger partial charge in [0.05, 0.1) is 15.5 Å². The quantitative estimate of drug-likeness (QED) is 0.565. The van der Waals surface area contributed by atoms with Crippen molar-refractivity contribution in [3.05, 3.63) is 78.4 Å². The zero-order valence-electron chi connectivity index (χ0n) is 17.1. The summed E-state index contributed by atoms with van der Waals surface area (Å²) in [5, 5.41) is 0. The van der Waals surface area contributed by atoms with Gasteiger partial charge in [-0.2, -0.15) is 0 Å². The summed E-state index contributed by atoms with van der Waals surface area (Å²) in [5.74, 6) is 1.19. The SMILES string of the molecule is CN(C)S(=O)(=O)c1ccc2c(c1)CCN2S(=O)(=O)c1ccc(Oc2ccccc2)cc1. The molecule has 1 aliphatic rings. The molecular weight excluding hydrogens is 436 g/mol. The summed E-state index contributed by atoms with van der Waals surface area (Å²) >= 11 is 0. The van der Waals surface area contributed by atoms with E-state index in [1.54, 1.807) is 24.3 Å². The molecule has 0 amide bonds. The van der Waals surface area contributed by atoms with Gasteiger partial charge in [-0.05, 0) is 66.6 Å². The minimum absolute atomic E-state index is 0.144. The van der Waals surface area contributed by atoms with Crippen LogP contribution in [0.15, 0.2) is 82.6 Å². The normalized spacial score (nSPS) is 14.0. The van der Waals surface area contributed by atoms with Gasteiger partial charge in [-0.3, -0.25) is 4.31 Å². The highest BCUT2D eigenvalue weighted by Crippen LogP contribution is 2.35. The number of hydrogen-bond acceptors (Lipinski definition) is 5. The number of sulfonamides is 2. The minimum atomic E-state index is -3.79. The highest BCUT2D eigenvalue weighted by Gasteiger charge is 2.32. The van der Waals surface area contributed by atoms with E-state index < -0.39 is 20.0 Å². The van der Waals surface area contributed by atoms with Crippen LogP contribution in [0.25, 0.3) is 0 Å². The summed E-state index contributed by atoms with van der Waals surface area (Å²) in [6.45, 7) is 0.255. The Morgan fingerprint density at radius 1 is 0.806 bits per heavy atom. The molecule has 31 heavy (non-hydrogen) atoms. The van der Waals surface area contributed by atoms with Crippen molar-refractivity contribution in [2.75, 3.05) is 24.9 Å². The van der Waals surface area contributed by atoms with E-state index in [9.17, 15) is 16.8 Å². The summed E-state index contributed by atoms with van der Waals surface area (Å²) in [6, 6.07) is 20.0. The van der Waals surface area contributed by atoms with Crippen LogP contribution in [-0.4, -0.2) is 41.8 Å². The van der Waals surface area contributed by atoms with Crippen LogP contribution in [0, 0.1) is 0 Å². The molecule has 3 aromatic carbocycles. The molecule has 0 spiro atoms. The standard InChI is InChI=1S/C22H22N2O5S2/c1-23(2)30(25,26)21-12-13-22-17(16-21)14-15-24(22)31(27,28)20-10-8-19(9-11-20)29-18-6-4-3-5-7-18/h3-13,16H,14-15H2,1-2H3. The van der Waals surface area contributed by atoms with Gasteiger partial charge in [-0.25, -0.2) is 21.1 Å². The second kappa shape index (κ2) is 7.99. The van der Waals surface area contributed by atoms with Crippen LogP contribution in [0.1, 0.15) is 5.56 Å². The molecule has 4 rings (SSSR count). The van der Waals surface area contributed by atoms with Crippen molar-refractivity contribution >= 4 is 25.7 Å². The smallest absolute Gasteiger partial charge is 0.264 e. The Labute approximate surface area is 182 Å². The Hall–Kier alpha value is -2.88. The van der Waals surface area contributed by atoms with E-state index in [-0.39, 0.29) is 16.3 Å². The van der Waals surface area contributed by atoms with Crippen molar-refractivity contribution in [1.29, 1.82) is 0 Å². The Morgan fingerprint density at radius 3 is 2.06 bits per heavy atom. The molecular formula is C22H22N2O5S2. The van der Waals surface area contributed by atoms with Crippen molar-refractivity contribution in [3.8, 4) is 11.5 Å². The third kappa shape index (κ3) is 4.04. The Morgan fingerprint density at radius 2 is 1.42 bits per heavy atom. The predicted octanol–water partition coefficient (Wildman–Crippen LogP) is 3.48. The number of para-hydroxylation sites is 1. The zero-order chi connectivity index (χ0) is 22.2. The number of nitrogens with zero attached hydrogens (tertiary/aromatic N) is 2. The Bertz CT molecular complexity index is 1300. The molecule has 0 saturated heterocycles. The van der Waals surface area contributed by atoms with E-state index in [2.05, 4.69) is 0 Å². The molecule has 3 aromatic rings. The second-order valence-electron chi connectivity index (χ2n) is 7.29. The van der Waals surface area contributed by atoms with Crippen molar-refractivity contribution in [2.45, 2.75) is 16.2 Å². The largest absolute Gasteiger partial charge is 0.457 e. The lowest BCUT2D eigenvalue weighted by Gasteiger charge is -2.20. The topological polar surface area (TPSA) is 84.0 Å². The van der Waals surface area contributed by atoms with Gasteiger partial charge in [-0.15, -0.1) is 0 Å². The monoisotopic (exact) mass is 458 g/mol. The first-order valence-corrected chi connectivity index (χ1v) is 12.5. The van der Waals surface area contributed by atoms with E-state index in [1.807, 2.05) is 30.3 Å². The van der Waals surface area contributed by atoms with Gasteiger partial charge in [0.25, 0.3) is 10.0 Å². The zero-order valence-corrected chi connectivity index (χ0v) is 18.7. The number of ether oxygens (including phenoxy) is 1. The molecule has 1 heterocycles. The molecule has 0 radical (unpaired) electrons. The summed E-state index contributed by atoms with van der Waals surface area (Å²) in [6.07, 6.45) is 0.445. The first-order valence-electron chi connectivity index (χ1n) is 9.61. The summed E-state index contributed by atoms with van der Waals surface area (Å²) in [4.78, 5) is 0.295. The van der Waals surface area contributed by atoms with Crippen LogP contribution < -0.4 is 9.04 Å². The number of rotatable bonds is 6. The Balaban J connectivity index is 1.59. The third-order valence-corrected chi connectivity index (χ3v) is 8.71. The van der Waals surface area contributed by atoms with E-state index in [0.717, 1.165) is 4.31 Å². The lowest BCUT2D eigenvalue weighted by atomic mass is 10.2. The molecule has 1 aliphatic heterocycles.